The number of aliphatic hydroxyl groups excluding tert-OH is 1. The van der Waals surface area contributed by atoms with Crippen molar-refractivity contribution in [2.75, 3.05) is 24.7 Å². The van der Waals surface area contributed by atoms with Crippen LogP contribution in [0.3, 0.4) is 0 Å². The number of nitrogens with one attached hydrogen (secondary N) is 1. The van der Waals surface area contributed by atoms with E-state index in [0.717, 1.165) is 0 Å². The van der Waals surface area contributed by atoms with Crippen molar-refractivity contribution in [2.45, 2.75) is 13.8 Å². The Morgan fingerprint density at radius 3 is 2.43 bits per heavy atom. The molecular formula is C8H17NO4S. The van der Waals surface area contributed by atoms with Gasteiger partial charge in [0, 0.05) is 6.54 Å². The van der Waals surface area contributed by atoms with Crippen molar-refractivity contribution in [1.82, 2.24) is 5.32 Å². The van der Waals surface area contributed by atoms with E-state index in [4.69, 9.17) is 5.11 Å². The lowest BCUT2D eigenvalue weighted by Crippen LogP contribution is -2.34. The first-order valence-corrected chi connectivity index (χ1v) is 6.27. The molecule has 0 saturated carbocycles. The minimum atomic E-state index is -3.44. The summed E-state index contributed by atoms with van der Waals surface area (Å²) < 4.78 is 22.1. The molecule has 0 aliphatic rings. The van der Waals surface area contributed by atoms with E-state index in [2.05, 4.69) is 5.32 Å². The summed E-state index contributed by atoms with van der Waals surface area (Å²) in [6, 6.07) is 0. The van der Waals surface area contributed by atoms with E-state index in [1.165, 1.54) is 0 Å². The summed E-state index contributed by atoms with van der Waals surface area (Å²) in [7, 11) is -3.44. The van der Waals surface area contributed by atoms with Crippen LogP contribution in [0.15, 0.2) is 0 Å². The predicted octanol–water partition coefficient (Wildman–Crippen LogP) is -0.834. The number of aliphatic hydroxyl groups is 1. The normalized spacial score (nSPS) is 11.7. The molecule has 2 N–H and O–H groups in total. The van der Waals surface area contributed by atoms with Gasteiger partial charge in [-0.3, -0.25) is 4.79 Å². The zero-order chi connectivity index (χ0) is 11.2. The maximum Gasteiger partial charge on any atom is 0.235 e. The summed E-state index contributed by atoms with van der Waals surface area (Å²) in [5, 5.41) is 10.9. The second kappa shape index (κ2) is 5.98. The zero-order valence-electron chi connectivity index (χ0n) is 8.49. The molecular weight excluding hydrogens is 206 g/mol. The summed E-state index contributed by atoms with van der Waals surface area (Å²) in [6.07, 6.45) is 0. The van der Waals surface area contributed by atoms with Crippen LogP contribution in [0.4, 0.5) is 0 Å². The van der Waals surface area contributed by atoms with E-state index in [1.807, 2.05) is 13.8 Å². The minimum Gasteiger partial charge on any atom is -0.395 e. The Morgan fingerprint density at radius 2 is 2.00 bits per heavy atom. The molecule has 84 valence electrons. The van der Waals surface area contributed by atoms with Crippen LogP contribution in [0.1, 0.15) is 13.8 Å². The fourth-order valence-electron chi connectivity index (χ4n) is 0.780. The third-order valence-electron chi connectivity index (χ3n) is 1.46. The van der Waals surface area contributed by atoms with Gasteiger partial charge in [0.05, 0.1) is 12.4 Å². The molecule has 0 aliphatic carbocycles. The largest absolute Gasteiger partial charge is 0.395 e. The number of carbonyl (C=O) groups excluding carboxylic acids is 1. The van der Waals surface area contributed by atoms with Crippen molar-refractivity contribution in [3.8, 4) is 0 Å². The lowest BCUT2D eigenvalue weighted by Gasteiger charge is -2.07. The van der Waals surface area contributed by atoms with Gasteiger partial charge in [-0.2, -0.15) is 0 Å². The summed E-state index contributed by atoms with van der Waals surface area (Å²) >= 11 is 0. The number of sulfone groups is 1. The van der Waals surface area contributed by atoms with Crippen molar-refractivity contribution in [1.29, 1.82) is 0 Å². The summed E-state index contributed by atoms with van der Waals surface area (Å²) in [5.41, 5.74) is 0. The highest BCUT2D eigenvalue weighted by molar-refractivity contribution is 7.92. The van der Waals surface area contributed by atoms with Crippen molar-refractivity contribution in [3.05, 3.63) is 0 Å². The van der Waals surface area contributed by atoms with Gasteiger partial charge in [-0.1, -0.05) is 13.8 Å². The van der Waals surface area contributed by atoms with E-state index in [0.29, 0.717) is 12.5 Å². The van der Waals surface area contributed by atoms with Crippen LogP contribution in [-0.2, 0) is 14.6 Å². The van der Waals surface area contributed by atoms with Crippen molar-refractivity contribution in [3.63, 3.8) is 0 Å². The van der Waals surface area contributed by atoms with Gasteiger partial charge in [0.15, 0.2) is 9.84 Å². The number of hydrogen-bond donors (Lipinski definition) is 2. The second-order valence-electron chi connectivity index (χ2n) is 3.51. The molecule has 0 aromatic carbocycles. The monoisotopic (exact) mass is 223 g/mol. The topological polar surface area (TPSA) is 83.5 Å². The molecule has 0 rings (SSSR count). The van der Waals surface area contributed by atoms with E-state index < -0.39 is 28.1 Å². The number of rotatable bonds is 6. The smallest absolute Gasteiger partial charge is 0.235 e. The third kappa shape index (κ3) is 6.85. The van der Waals surface area contributed by atoms with Crippen LogP contribution < -0.4 is 5.32 Å². The SMILES string of the molecule is CC(C)CNC(=O)CS(=O)(=O)CCO. The lowest BCUT2D eigenvalue weighted by molar-refractivity contribution is -0.118. The Morgan fingerprint density at radius 1 is 1.43 bits per heavy atom. The van der Waals surface area contributed by atoms with Crippen LogP contribution >= 0.6 is 0 Å². The lowest BCUT2D eigenvalue weighted by atomic mass is 10.2. The second-order valence-corrected chi connectivity index (χ2v) is 5.70. The molecule has 0 unspecified atom stereocenters. The summed E-state index contributed by atoms with van der Waals surface area (Å²) in [5.74, 6) is -1.12. The standard InChI is InChI=1S/C8H17NO4S/c1-7(2)5-9-8(11)6-14(12,13)4-3-10/h7,10H,3-6H2,1-2H3,(H,9,11). The van der Waals surface area contributed by atoms with Gasteiger partial charge in [0.25, 0.3) is 0 Å². The highest BCUT2D eigenvalue weighted by Gasteiger charge is 2.15. The summed E-state index contributed by atoms with van der Waals surface area (Å²) in [6.45, 7) is 3.86. The Balaban J connectivity index is 3.94. The zero-order valence-corrected chi connectivity index (χ0v) is 9.30. The van der Waals surface area contributed by atoms with Crippen molar-refractivity contribution >= 4 is 15.7 Å². The molecule has 0 atom stereocenters. The van der Waals surface area contributed by atoms with Gasteiger partial charge in [0.1, 0.15) is 5.75 Å². The molecule has 0 fully saturated rings. The average molecular weight is 223 g/mol. The van der Waals surface area contributed by atoms with Gasteiger partial charge < -0.3 is 10.4 Å². The van der Waals surface area contributed by atoms with Gasteiger partial charge >= 0.3 is 0 Å². The first-order valence-electron chi connectivity index (χ1n) is 4.45. The summed E-state index contributed by atoms with van der Waals surface area (Å²) in [4.78, 5) is 11.1. The molecule has 0 heterocycles. The van der Waals surface area contributed by atoms with Crippen LogP contribution in [0, 0.1) is 5.92 Å². The van der Waals surface area contributed by atoms with E-state index in [9.17, 15) is 13.2 Å². The minimum absolute atomic E-state index is 0.291. The van der Waals surface area contributed by atoms with E-state index >= 15 is 0 Å². The molecule has 0 aromatic rings. The molecule has 0 aliphatic heterocycles. The Kier molecular flexibility index (Phi) is 5.71. The Hall–Kier alpha value is -0.620. The van der Waals surface area contributed by atoms with Crippen molar-refractivity contribution in [2.24, 2.45) is 5.92 Å². The van der Waals surface area contributed by atoms with Crippen molar-refractivity contribution < 1.29 is 18.3 Å². The highest BCUT2D eigenvalue weighted by Crippen LogP contribution is 1.91. The number of carbonyl (C=O) groups is 1. The highest BCUT2D eigenvalue weighted by atomic mass is 32.2. The molecule has 0 saturated heterocycles. The van der Waals surface area contributed by atoms with E-state index in [1.54, 1.807) is 0 Å². The Bertz CT molecular complexity index is 271. The molecule has 0 spiro atoms. The maximum atomic E-state index is 11.1. The van der Waals surface area contributed by atoms with Crippen LogP contribution in [0.5, 0.6) is 0 Å². The van der Waals surface area contributed by atoms with E-state index in [-0.39, 0.29) is 5.75 Å². The molecule has 0 aromatic heterocycles. The van der Waals surface area contributed by atoms with Gasteiger partial charge in [-0.05, 0) is 5.92 Å². The molecule has 0 bridgehead atoms. The van der Waals surface area contributed by atoms with Crippen LogP contribution in [0.25, 0.3) is 0 Å². The molecule has 6 heteroatoms. The van der Waals surface area contributed by atoms with Crippen LogP contribution in [0.2, 0.25) is 0 Å². The Labute approximate surface area is 84.4 Å². The average Bonchev–Trinajstić information content (AvgIpc) is 1.99. The number of hydrogen-bond acceptors (Lipinski definition) is 4. The quantitative estimate of drug-likeness (QED) is 0.615. The van der Waals surface area contributed by atoms with Gasteiger partial charge in [0.2, 0.25) is 5.91 Å². The van der Waals surface area contributed by atoms with Gasteiger partial charge in [-0.25, -0.2) is 8.42 Å². The fourth-order valence-corrected chi connectivity index (χ4v) is 1.70. The predicted molar refractivity (Wildman–Crippen MR) is 53.6 cm³/mol. The molecule has 14 heavy (non-hydrogen) atoms. The third-order valence-corrected chi connectivity index (χ3v) is 2.97. The molecule has 1 amide bonds. The molecule has 0 radical (unpaired) electrons. The maximum absolute atomic E-state index is 11.1. The molecule has 5 nitrogen and oxygen atoms in total. The van der Waals surface area contributed by atoms with Crippen LogP contribution in [-0.4, -0.2) is 44.1 Å². The number of amides is 1. The first kappa shape index (κ1) is 13.4. The fraction of sp³-hybridized carbons (Fsp3) is 0.875. The van der Waals surface area contributed by atoms with Gasteiger partial charge in [-0.15, -0.1) is 0 Å². The first-order chi connectivity index (χ1) is 6.37.